The number of carbonyl (C=O) groups excluding carboxylic acids is 2. The van der Waals surface area contributed by atoms with Crippen LogP contribution in [0.2, 0.25) is 0 Å². The number of hydrogen-bond acceptors (Lipinski definition) is 7. The van der Waals surface area contributed by atoms with Crippen molar-refractivity contribution < 1.29 is 33.0 Å². The lowest BCUT2D eigenvalue weighted by molar-refractivity contribution is -0.123. The first-order valence-corrected chi connectivity index (χ1v) is 12.7. The van der Waals surface area contributed by atoms with Crippen LogP contribution in [0.1, 0.15) is 54.8 Å². The number of furan rings is 1. The number of carbonyl (C=O) groups is 2. The summed E-state index contributed by atoms with van der Waals surface area (Å²) >= 11 is 0. The van der Waals surface area contributed by atoms with Crippen LogP contribution in [0.3, 0.4) is 0 Å². The van der Waals surface area contributed by atoms with E-state index in [0.29, 0.717) is 40.9 Å². The molecule has 3 aromatic rings. The van der Waals surface area contributed by atoms with Crippen molar-refractivity contribution >= 4 is 17.5 Å². The molecule has 1 N–H and O–H groups in total. The number of anilines is 1. The Bertz CT molecular complexity index is 1210. The summed E-state index contributed by atoms with van der Waals surface area (Å²) in [5, 5.41) is 3.16. The molecular weight excluding hydrogens is 488 g/mol. The van der Waals surface area contributed by atoms with Crippen LogP contribution in [0, 0.1) is 0 Å². The van der Waals surface area contributed by atoms with Crippen molar-refractivity contribution in [3.8, 4) is 23.0 Å². The first-order valence-electron chi connectivity index (χ1n) is 12.7. The van der Waals surface area contributed by atoms with Gasteiger partial charge in [-0.1, -0.05) is 18.9 Å². The van der Waals surface area contributed by atoms with Crippen molar-refractivity contribution in [3.63, 3.8) is 0 Å². The highest BCUT2D eigenvalue weighted by molar-refractivity contribution is 6.08. The quantitative estimate of drug-likeness (QED) is 0.372. The highest BCUT2D eigenvalue weighted by Crippen LogP contribution is 2.42. The second kappa shape index (κ2) is 12.4. The number of hydrogen-bond donors (Lipinski definition) is 1. The molecule has 1 fully saturated rings. The van der Waals surface area contributed by atoms with Crippen LogP contribution in [-0.2, 0) is 4.79 Å². The third-order valence-electron chi connectivity index (χ3n) is 6.57. The summed E-state index contributed by atoms with van der Waals surface area (Å²) in [4.78, 5) is 29.5. The third-order valence-corrected chi connectivity index (χ3v) is 6.57. The molecular formula is C29H34N2O7. The molecule has 1 aromatic heterocycles. The van der Waals surface area contributed by atoms with E-state index in [-0.39, 0.29) is 17.7 Å². The predicted octanol–water partition coefficient (Wildman–Crippen LogP) is 5.15. The van der Waals surface area contributed by atoms with Crippen LogP contribution < -0.4 is 29.2 Å². The molecule has 1 heterocycles. The normalized spacial score (nSPS) is 14.0. The second-order valence-electron chi connectivity index (χ2n) is 8.93. The van der Waals surface area contributed by atoms with Gasteiger partial charge in [0.05, 0.1) is 34.2 Å². The maximum atomic E-state index is 14.1. The Kier molecular flexibility index (Phi) is 8.78. The van der Waals surface area contributed by atoms with Gasteiger partial charge in [0.2, 0.25) is 11.7 Å². The number of nitrogens with one attached hydrogen (secondary N) is 1. The van der Waals surface area contributed by atoms with Gasteiger partial charge in [-0.2, -0.15) is 0 Å². The molecule has 202 valence electrons. The molecule has 1 saturated carbocycles. The zero-order valence-corrected chi connectivity index (χ0v) is 22.2. The maximum absolute atomic E-state index is 14.1. The van der Waals surface area contributed by atoms with Crippen LogP contribution in [0.4, 0.5) is 5.69 Å². The molecule has 0 spiro atoms. The number of nitrogens with zero attached hydrogens (tertiary/aromatic N) is 1. The van der Waals surface area contributed by atoms with Crippen LogP contribution in [0.5, 0.6) is 23.0 Å². The van der Waals surface area contributed by atoms with E-state index in [1.54, 1.807) is 48.5 Å². The molecule has 9 heteroatoms. The molecule has 2 aromatic carbocycles. The highest BCUT2D eigenvalue weighted by atomic mass is 16.5. The molecule has 1 aliphatic rings. The van der Waals surface area contributed by atoms with Gasteiger partial charge in [-0.3, -0.25) is 14.5 Å². The SMILES string of the molecule is CCOc1cccc(N(C(=O)c2ccco2)C(C(=O)NC2CCCC2)c2cc(OC)c(OC)c(OC)c2)c1. The fourth-order valence-corrected chi connectivity index (χ4v) is 4.82. The Morgan fingerprint density at radius 3 is 2.29 bits per heavy atom. The molecule has 1 unspecified atom stereocenters. The Morgan fingerprint density at radius 1 is 1.00 bits per heavy atom. The zero-order valence-electron chi connectivity index (χ0n) is 22.2. The third kappa shape index (κ3) is 5.72. The minimum absolute atomic E-state index is 0.0300. The van der Waals surface area contributed by atoms with Gasteiger partial charge in [0.25, 0.3) is 5.91 Å². The summed E-state index contributed by atoms with van der Waals surface area (Å²) in [5.74, 6) is 0.982. The predicted molar refractivity (Wildman–Crippen MR) is 142 cm³/mol. The lowest BCUT2D eigenvalue weighted by Crippen LogP contribution is -2.46. The first-order chi connectivity index (χ1) is 18.5. The van der Waals surface area contributed by atoms with Crippen molar-refractivity contribution in [3.05, 3.63) is 66.1 Å². The summed E-state index contributed by atoms with van der Waals surface area (Å²) in [7, 11) is 4.52. The summed E-state index contributed by atoms with van der Waals surface area (Å²) in [6.45, 7) is 2.33. The van der Waals surface area contributed by atoms with E-state index in [1.165, 1.54) is 32.5 Å². The standard InChI is InChI=1S/C29H34N2O7/c1-5-37-22-13-8-12-21(18-22)31(29(33)23-14-9-15-38-23)26(28(32)30-20-10-6-7-11-20)19-16-24(34-2)27(36-4)25(17-19)35-3/h8-9,12-18,20,26H,5-7,10-11H2,1-4H3,(H,30,32). The lowest BCUT2D eigenvalue weighted by atomic mass is 10.0. The molecule has 1 atom stereocenters. The molecule has 1 aliphatic carbocycles. The number of benzene rings is 2. The van der Waals surface area contributed by atoms with Crippen LogP contribution in [0.15, 0.2) is 59.2 Å². The fourth-order valence-electron chi connectivity index (χ4n) is 4.82. The monoisotopic (exact) mass is 522 g/mol. The lowest BCUT2D eigenvalue weighted by Gasteiger charge is -2.32. The number of rotatable bonds is 11. The van der Waals surface area contributed by atoms with E-state index in [2.05, 4.69) is 5.32 Å². The van der Waals surface area contributed by atoms with Crippen LogP contribution >= 0.6 is 0 Å². The zero-order chi connectivity index (χ0) is 27.1. The van der Waals surface area contributed by atoms with E-state index in [4.69, 9.17) is 23.4 Å². The highest BCUT2D eigenvalue weighted by Gasteiger charge is 2.37. The van der Waals surface area contributed by atoms with Gasteiger partial charge >= 0.3 is 0 Å². The molecule has 9 nitrogen and oxygen atoms in total. The van der Waals surface area contributed by atoms with Gasteiger partial charge in [0.1, 0.15) is 11.8 Å². The van der Waals surface area contributed by atoms with E-state index in [9.17, 15) is 9.59 Å². The van der Waals surface area contributed by atoms with Crippen molar-refractivity contribution in [2.75, 3.05) is 32.8 Å². The summed E-state index contributed by atoms with van der Waals surface area (Å²) in [5.41, 5.74) is 0.953. The average Bonchev–Trinajstić information content (AvgIpc) is 3.65. The Morgan fingerprint density at radius 2 is 1.71 bits per heavy atom. The van der Waals surface area contributed by atoms with Crippen molar-refractivity contribution in [2.45, 2.75) is 44.7 Å². The number of ether oxygens (including phenoxy) is 4. The van der Waals surface area contributed by atoms with E-state index >= 15 is 0 Å². The first kappa shape index (κ1) is 26.9. The van der Waals surface area contributed by atoms with Gasteiger partial charge in [-0.25, -0.2) is 0 Å². The molecule has 0 bridgehead atoms. The molecule has 4 rings (SSSR count). The van der Waals surface area contributed by atoms with Crippen molar-refractivity contribution in [1.82, 2.24) is 5.32 Å². The molecule has 2 amide bonds. The van der Waals surface area contributed by atoms with Crippen molar-refractivity contribution in [1.29, 1.82) is 0 Å². The maximum Gasteiger partial charge on any atom is 0.294 e. The smallest absolute Gasteiger partial charge is 0.294 e. The van der Waals surface area contributed by atoms with Gasteiger partial charge in [-0.05, 0) is 61.7 Å². The molecule has 38 heavy (non-hydrogen) atoms. The molecule has 0 saturated heterocycles. The van der Waals surface area contributed by atoms with Gasteiger partial charge in [0, 0.05) is 17.8 Å². The summed E-state index contributed by atoms with van der Waals surface area (Å²) < 4.78 is 27.8. The fraction of sp³-hybridized carbons (Fsp3) is 0.379. The van der Waals surface area contributed by atoms with Gasteiger partial charge in [0.15, 0.2) is 17.3 Å². The van der Waals surface area contributed by atoms with E-state index in [1.807, 2.05) is 6.92 Å². The largest absolute Gasteiger partial charge is 0.494 e. The minimum Gasteiger partial charge on any atom is -0.494 e. The van der Waals surface area contributed by atoms with Gasteiger partial charge in [-0.15, -0.1) is 0 Å². The Labute approximate surface area is 222 Å². The molecule has 0 radical (unpaired) electrons. The average molecular weight is 523 g/mol. The van der Waals surface area contributed by atoms with Crippen LogP contribution in [-0.4, -0.2) is 45.8 Å². The molecule has 0 aliphatic heterocycles. The Balaban J connectivity index is 1.91. The second-order valence-corrected chi connectivity index (χ2v) is 8.93. The van der Waals surface area contributed by atoms with E-state index < -0.39 is 11.9 Å². The van der Waals surface area contributed by atoms with Gasteiger partial charge < -0.3 is 28.7 Å². The topological polar surface area (TPSA) is 99.5 Å². The van der Waals surface area contributed by atoms with E-state index in [0.717, 1.165) is 25.7 Å². The Hall–Kier alpha value is -4.14. The number of amides is 2. The summed E-state index contributed by atoms with van der Waals surface area (Å²) in [6, 6.07) is 12.6. The summed E-state index contributed by atoms with van der Waals surface area (Å²) in [6.07, 6.45) is 5.30. The number of methoxy groups -OCH3 is 3. The van der Waals surface area contributed by atoms with Crippen molar-refractivity contribution in [2.24, 2.45) is 0 Å². The van der Waals surface area contributed by atoms with Crippen LogP contribution in [0.25, 0.3) is 0 Å². The minimum atomic E-state index is -1.08.